The van der Waals surface area contributed by atoms with Gasteiger partial charge in [-0.3, -0.25) is 29.4 Å². The molecular formula is C24H24N4O4. The van der Waals surface area contributed by atoms with Gasteiger partial charge in [0.25, 0.3) is 5.91 Å². The molecule has 1 saturated heterocycles. The maximum absolute atomic E-state index is 12.1. The smallest absolute Gasteiger partial charge is 0.296 e. The predicted molar refractivity (Wildman–Crippen MR) is 119 cm³/mol. The van der Waals surface area contributed by atoms with Gasteiger partial charge < -0.3 is 11.1 Å². The second kappa shape index (κ2) is 10.4. The van der Waals surface area contributed by atoms with Gasteiger partial charge in [0.2, 0.25) is 11.8 Å². The van der Waals surface area contributed by atoms with Crippen LogP contribution in [0.1, 0.15) is 39.9 Å². The van der Waals surface area contributed by atoms with Gasteiger partial charge in [-0.05, 0) is 42.8 Å². The first-order chi connectivity index (χ1) is 15.4. The fourth-order valence-electron chi connectivity index (χ4n) is 3.47. The molecular weight excluding hydrogens is 408 g/mol. The minimum Gasteiger partial charge on any atom is -0.399 e. The van der Waals surface area contributed by atoms with Crippen LogP contribution in [-0.2, 0) is 27.5 Å². The highest BCUT2D eigenvalue weighted by Crippen LogP contribution is 2.17. The van der Waals surface area contributed by atoms with E-state index in [2.05, 4.69) is 22.5 Å². The Bertz CT molecular complexity index is 1120. The van der Waals surface area contributed by atoms with E-state index in [9.17, 15) is 19.2 Å². The van der Waals surface area contributed by atoms with Crippen molar-refractivity contribution < 1.29 is 19.2 Å². The van der Waals surface area contributed by atoms with Gasteiger partial charge in [-0.2, -0.15) is 0 Å². The highest BCUT2D eigenvalue weighted by Gasteiger charge is 2.29. The van der Waals surface area contributed by atoms with Crippen LogP contribution in [0.5, 0.6) is 0 Å². The Morgan fingerprint density at radius 3 is 2.81 bits per heavy atom. The Hall–Kier alpha value is -3.96. The molecule has 3 amide bonds. The lowest BCUT2D eigenvalue weighted by Gasteiger charge is -2.30. The summed E-state index contributed by atoms with van der Waals surface area (Å²) in [5.74, 6) is 4.25. The zero-order valence-electron chi connectivity index (χ0n) is 17.7. The first-order valence-electron chi connectivity index (χ1n) is 10.1. The zero-order valence-corrected chi connectivity index (χ0v) is 17.7. The number of nitrogens with two attached hydrogens (primary N) is 1. The van der Waals surface area contributed by atoms with Gasteiger partial charge >= 0.3 is 0 Å². The topological polar surface area (TPSA) is 122 Å². The van der Waals surface area contributed by atoms with Crippen molar-refractivity contribution in [1.29, 1.82) is 0 Å². The van der Waals surface area contributed by atoms with Gasteiger partial charge in [0.05, 0.1) is 6.04 Å². The summed E-state index contributed by atoms with van der Waals surface area (Å²) in [4.78, 5) is 48.8. The molecule has 0 aliphatic carbocycles. The summed E-state index contributed by atoms with van der Waals surface area (Å²) in [6.07, 6.45) is 1.47. The number of hydrogen-bond donors (Lipinski definition) is 3. The summed E-state index contributed by atoms with van der Waals surface area (Å²) in [6.45, 7) is 0.579. The van der Waals surface area contributed by atoms with Crippen LogP contribution in [0.15, 0.2) is 42.5 Å². The van der Waals surface area contributed by atoms with Crippen molar-refractivity contribution in [2.75, 3.05) is 12.8 Å². The molecule has 0 radical (unpaired) electrons. The molecule has 1 atom stereocenters. The van der Waals surface area contributed by atoms with Crippen molar-refractivity contribution in [2.24, 2.45) is 0 Å². The normalized spacial score (nSPS) is 15.5. The molecule has 1 aliphatic heterocycles. The molecule has 8 nitrogen and oxygen atoms in total. The molecule has 0 bridgehead atoms. The minimum atomic E-state index is -0.446. The summed E-state index contributed by atoms with van der Waals surface area (Å²) in [7, 11) is 1.77. The first-order valence-corrected chi connectivity index (χ1v) is 10.1. The third kappa shape index (κ3) is 6.03. The second-order valence-corrected chi connectivity index (χ2v) is 7.59. The van der Waals surface area contributed by atoms with Crippen LogP contribution < -0.4 is 16.4 Å². The van der Waals surface area contributed by atoms with Crippen molar-refractivity contribution in [3.63, 3.8) is 0 Å². The number of hydrogen-bond acceptors (Lipinski definition) is 6. The molecule has 32 heavy (non-hydrogen) atoms. The Kier molecular flexibility index (Phi) is 7.37. The third-order valence-corrected chi connectivity index (χ3v) is 5.16. The van der Waals surface area contributed by atoms with E-state index in [1.165, 1.54) is 0 Å². The molecule has 1 heterocycles. The van der Waals surface area contributed by atoms with Crippen LogP contribution in [0.25, 0.3) is 0 Å². The lowest BCUT2D eigenvalue weighted by molar-refractivity contribution is -0.137. The van der Waals surface area contributed by atoms with Crippen LogP contribution in [0.3, 0.4) is 0 Å². The van der Waals surface area contributed by atoms with E-state index in [4.69, 9.17) is 5.73 Å². The SMILES string of the molecule is CN(Cc1cc(CNC(=O)C#Cc2cccc(N)c2)ccc1C=O)C1CCC(=O)NC1=O. The van der Waals surface area contributed by atoms with Crippen molar-refractivity contribution in [3.05, 3.63) is 64.7 Å². The molecule has 1 aliphatic rings. The minimum absolute atomic E-state index is 0.235. The Morgan fingerprint density at radius 1 is 1.28 bits per heavy atom. The second-order valence-electron chi connectivity index (χ2n) is 7.59. The number of amides is 3. The van der Waals surface area contributed by atoms with Crippen molar-refractivity contribution in [3.8, 4) is 11.8 Å². The van der Waals surface area contributed by atoms with Gasteiger partial charge in [-0.15, -0.1) is 0 Å². The largest absolute Gasteiger partial charge is 0.399 e. The third-order valence-electron chi connectivity index (χ3n) is 5.16. The van der Waals surface area contributed by atoms with E-state index in [1.54, 1.807) is 43.4 Å². The number of anilines is 1. The average molecular weight is 432 g/mol. The maximum Gasteiger partial charge on any atom is 0.296 e. The van der Waals surface area contributed by atoms with Crippen LogP contribution in [0, 0.1) is 11.8 Å². The van der Waals surface area contributed by atoms with Crippen molar-refractivity contribution in [1.82, 2.24) is 15.5 Å². The molecule has 164 valence electrons. The van der Waals surface area contributed by atoms with Gasteiger partial charge in [-0.25, -0.2) is 0 Å². The van der Waals surface area contributed by atoms with E-state index < -0.39 is 11.9 Å². The first kappa shape index (κ1) is 22.7. The van der Waals surface area contributed by atoms with Crippen molar-refractivity contribution in [2.45, 2.75) is 32.0 Å². The molecule has 0 spiro atoms. The number of likely N-dealkylation sites (N-methyl/N-ethyl adjacent to an activating group) is 1. The van der Waals surface area contributed by atoms with Crippen LogP contribution in [0.4, 0.5) is 5.69 Å². The molecule has 8 heteroatoms. The molecule has 0 saturated carbocycles. The van der Waals surface area contributed by atoms with Gasteiger partial charge in [0.15, 0.2) is 0 Å². The van der Waals surface area contributed by atoms with Crippen LogP contribution in [0.2, 0.25) is 0 Å². The zero-order chi connectivity index (χ0) is 23.1. The molecule has 4 N–H and O–H groups in total. The van der Waals surface area contributed by atoms with Gasteiger partial charge in [-0.1, -0.05) is 30.2 Å². The number of benzene rings is 2. The monoisotopic (exact) mass is 432 g/mol. The molecule has 1 fully saturated rings. The Morgan fingerprint density at radius 2 is 2.09 bits per heavy atom. The summed E-state index contributed by atoms with van der Waals surface area (Å²) < 4.78 is 0. The van der Waals surface area contributed by atoms with E-state index in [0.29, 0.717) is 29.8 Å². The fourth-order valence-corrected chi connectivity index (χ4v) is 3.47. The highest BCUT2D eigenvalue weighted by molar-refractivity contribution is 6.00. The van der Waals surface area contributed by atoms with Crippen molar-refractivity contribution >= 4 is 29.7 Å². The Labute approximate surface area is 186 Å². The van der Waals surface area contributed by atoms with Crippen LogP contribution in [-0.4, -0.2) is 42.0 Å². The molecule has 0 aromatic heterocycles. The number of carbonyl (C=O) groups excluding carboxylic acids is 4. The average Bonchev–Trinajstić information content (AvgIpc) is 2.76. The number of nitrogens with zero attached hydrogens (tertiary/aromatic N) is 1. The van der Waals surface area contributed by atoms with Gasteiger partial charge in [0.1, 0.15) is 6.29 Å². The molecule has 2 aromatic carbocycles. The number of carbonyl (C=O) groups is 4. The van der Waals surface area contributed by atoms with Crippen LogP contribution >= 0.6 is 0 Å². The lowest BCUT2D eigenvalue weighted by Crippen LogP contribution is -2.51. The quantitative estimate of drug-likeness (QED) is 0.271. The fraction of sp³-hybridized carbons (Fsp3) is 0.250. The number of nitrogens with one attached hydrogen (secondary N) is 2. The predicted octanol–water partition coefficient (Wildman–Crippen LogP) is 0.986. The lowest BCUT2D eigenvalue weighted by atomic mass is 10.0. The number of aldehydes is 1. The molecule has 2 aromatic rings. The standard InChI is InChI=1S/C24H24N4O4/c1-28(21-8-10-23(31)27-24(21)32)14-19-11-17(5-7-18(19)15-29)13-26-22(30)9-6-16-3-2-4-20(25)12-16/h2-5,7,11-12,15,21H,8,10,13-14,25H2,1H3,(H,26,30)(H,27,31,32). The van der Waals surface area contributed by atoms with E-state index in [1.807, 2.05) is 11.0 Å². The molecule has 3 rings (SSSR count). The highest BCUT2D eigenvalue weighted by atomic mass is 16.2. The van der Waals surface area contributed by atoms with E-state index >= 15 is 0 Å². The summed E-state index contributed by atoms with van der Waals surface area (Å²) in [5, 5.41) is 5.07. The van der Waals surface area contributed by atoms with E-state index in [-0.39, 0.29) is 24.8 Å². The Balaban J connectivity index is 1.64. The van der Waals surface area contributed by atoms with Gasteiger partial charge in [0, 0.05) is 42.2 Å². The molecule has 1 unspecified atom stereocenters. The summed E-state index contributed by atoms with van der Waals surface area (Å²) >= 11 is 0. The number of rotatable bonds is 6. The number of nitrogen functional groups attached to an aromatic ring is 1. The number of piperidine rings is 1. The van der Waals surface area contributed by atoms with E-state index in [0.717, 1.165) is 17.4 Å². The summed E-state index contributed by atoms with van der Waals surface area (Å²) in [6, 6.07) is 11.8. The maximum atomic E-state index is 12.1. The summed E-state index contributed by atoms with van der Waals surface area (Å²) in [5.41, 5.74) is 8.94. The number of imide groups is 1.